The molecule has 23 heavy (non-hydrogen) atoms. The average molecular weight is 370 g/mol. The topological polar surface area (TPSA) is 153 Å². The van der Waals surface area contributed by atoms with Crippen LogP contribution in [0.5, 0.6) is 0 Å². The van der Waals surface area contributed by atoms with E-state index in [1.54, 1.807) is 24.3 Å². The quantitative estimate of drug-likeness (QED) is 0.452. The van der Waals surface area contributed by atoms with Gasteiger partial charge in [0, 0.05) is 18.3 Å². The van der Waals surface area contributed by atoms with Gasteiger partial charge in [-0.25, -0.2) is 8.42 Å². The van der Waals surface area contributed by atoms with E-state index in [1.165, 1.54) is 0 Å². The summed E-state index contributed by atoms with van der Waals surface area (Å²) >= 11 is 0. The molecule has 0 aromatic heterocycles. The fourth-order valence-electron chi connectivity index (χ4n) is 1.45. The maximum absolute atomic E-state index is 11.0. The Morgan fingerprint density at radius 1 is 1.04 bits per heavy atom. The van der Waals surface area contributed by atoms with E-state index in [4.69, 9.17) is 17.5 Å². The fraction of sp³-hybridized carbons (Fsp3) is 0.500. The highest BCUT2D eigenvalue weighted by molar-refractivity contribution is 7.92. The number of hydrogen-bond acceptors (Lipinski definition) is 6. The van der Waals surface area contributed by atoms with Gasteiger partial charge in [-0.05, 0) is 17.7 Å². The lowest BCUT2D eigenvalue weighted by atomic mass is 10.1. The Hall–Kier alpha value is -1.24. The molecule has 0 heterocycles. The first-order valence-electron chi connectivity index (χ1n) is 6.47. The monoisotopic (exact) mass is 370 g/mol. The van der Waals surface area contributed by atoms with Crippen LogP contribution in [-0.4, -0.2) is 49.9 Å². The number of benzene rings is 1. The minimum Gasteiger partial charge on any atom is -0.387 e. The largest absolute Gasteiger partial charge is 0.394 e. The van der Waals surface area contributed by atoms with Gasteiger partial charge in [0.25, 0.3) is 0 Å². The zero-order valence-electron chi connectivity index (χ0n) is 13.0. The van der Waals surface area contributed by atoms with Gasteiger partial charge in [0.15, 0.2) is 0 Å². The van der Waals surface area contributed by atoms with E-state index in [-0.39, 0.29) is 0 Å². The number of sulfonamides is 1. The van der Waals surface area contributed by atoms with Gasteiger partial charge in [0.05, 0.1) is 12.4 Å². The molecule has 0 fully saturated rings. The van der Waals surface area contributed by atoms with Crippen molar-refractivity contribution in [2.45, 2.75) is 26.0 Å². The average Bonchev–Trinajstić information content (AvgIpc) is 2.32. The van der Waals surface area contributed by atoms with Crippen molar-refractivity contribution in [3.05, 3.63) is 29.8 Å². The van der Waals surface area contributed by atoms with E-state index in [0.29, 0.717) is 18.3 Å². The maximum Gasteiger partial charge on any atom is 0.394 e. The van der Waals surface area contributed by atoms with Crippen LogP contribution in [0.15, 0.2) is 24.3 Å². The van der Waals surface area contributed by atoms with Crippen molar-refractivity contribution in [1.82, 2.24) is 5.32 Å². The third-order valence-electron chi connectivity index (χ3n) is 2.32. The molecule has 5 N–H and O–H groups in total. The number of nitrogens with one attached hydrogen (secondary N) is 2. The molecule has 0 aliphatic rings. The molecule has 0 bridgehead atoms. The molecule has 11 heteroatoms. The summed E-state index contributed by atoms with van der Waals surface area (Å²) in [5, 5.41) is 13.0. The Labute approximate surface area is 136 Å². The lowest BCUT2D eigenvalue weighted by molar-refractivity contribution is 0.171. The van der Waals surface area contributed by atoms with Crippen molar-refractivity contribution in [3.63, 3.8) is 0 Å². The molecular formula is C12H22N2O7S2. The van der Waals surface area contributed by atoms with Crippen LogP contribution in [-0.2, 0) is 20.4 Å². The Kier molecular flexibility index (Phi) is 8.66. The van der Waals surface area contributed by atoms with Gasteiger partial charge in [0.1, 0.15) is 0 Å². The van der Waals surface area contributed by atoms with E-state index < -0.39 is 26.5 Å². The summed E-state index contributed by atoms with van der Waals surface area (Å²) in [4.78, 5) is 0. The predicted octanol–water partition coefficient (Wildman–Crippen LogP) is 0.437. The summed E-state index contributed by atoms with van der Waals surface area (Å²) in [6, 6.07) is 7.00. The molecule has 0 saturated heterocycles. The number of anilines is 1. The van der Waals surface area contributed by atoms with Crippen molar-refractivity contribution in [2.75, 3.05) is 17.5 Å². The zero-order chi connectivity index (χ0) is 18.3. The summed E-state index contributed by atoms with van der Waals surface area (Å²) in [5.74, 6) is 0. The molecule has 0 amide bonds. The molecule has 0 spiro atoms. The molecule has 0 aliphatic carbocycles. The Morgan fingerprint density at radius 3 is 1.83 bits per heavy atom. The Bertz CT molecular complexity index is 662. The summed E-state index contributed by atoms with van der Waals surface area (Å²) in [6.45, 7) is 4.48. The first kappa shape index (κ1) is 21.8. The van der Waals surface area contributed by atoms with Crippen LogP contribution in [0.2, 0.25) is 0 Å². The molecule has 1 unspecified atom stereocenters. The summed E-state index contributed by atoms with van der Waals surface area (Å²) in [7, 11) is -7.92. The van der Waals surface area contributed by atoms with E-state index in [9.17, 15) is 13.5 Å². The van der Waals surface area contributed by atoms with Crippen molar-refractivity contribution in [2.24, 2.45) is 0 Å². The zero-order valence-corrected chi connectivity index (χ0v) is 14.6. The Morgan fingerprint density at radius 2 is 1.48 bits per heavy atom. The molecule has 1 aromatic carbocycles. The number of hydrogen-bond donors (Lipinski definition) is 5. The summed E-state index contributed by atoms with van der Waals surface area (Å²) in [6.07, 6.45) is 0.502. The van der Waals surface area contributed by atoms with Crippen LogP contribution in [0, 0.1) is 0 Å². The third kappa shape index (κ3) is 14.1. The second-order valence-electron chi connectivity index (χ2n) is 5.02. The molecule has 9 nitrogen and oxygen atoms in total. The van der Waals surface area contributed by atoms with Gasteiger partial charge in [-0.15, -0.1) is 0 Å². The van der Waals surface area contributed by atoms with Gasteiger partial charge >= 0.3 is 10.4 Å². The Balaban J connectivity index is 0.000000841. The van der Waals surface area contributed by atoms with Crippen LogP contribution >= 0.6 is 0 Å². The van der Waals surface area contributed by atoms with Crippen LogP contribution in [0.25, 0.3) is 0 Å². The summed E-state index contributed by atoms with van der Waals surface area (Å²) < 4.78 is 56.0. The van der Waals surface area contributed by atoms with Crippen molar-refractivity contribution >= 4 is 26.1 Å². The highest BCUT2D eigenvalue weighted by Crippen LogP contribution is 2.16. The second kappa shape index (κ2) is 9.15. The molecular weight excluding hydrogens is 348 g/mol. The standard InChI is InChI=1S/C12H20N2O3S.H2O4S/c1-9(2)13-8-12(15)10-4-6-11(7-5-10)14-18(3,16)17;1-5(2,3)4/h4-7,9,12-15H,8H2,1-3H3;(H2,1,2,3,4). The fourth-order valence-corrected chi connectivity index (χ4v) is 2.02. The highest BCUT2D eigenvalue weighted by Gasteiger charge is 2.08. The number of aliphatic hydroxyl groups is 1. The lowest BCUT2D eigenvalue weighted by Crippen LogP contribution is -2.27. The molecule has 0 radical (unpaired) electrons. The summed E-state index contributed by atoms with van der Waals surface area (Å²) in [5.41, 5.74) is 1.24. The van der Waals surface area contributed by atoms with Gasteiger partial charge < -0.3 is 10.4 Å². The van der Waals surface area contributed by atoms with Gasteiger partial charge in [0.2, 0.25) is 10.0 Å². The van der Waals surface area contributed by atoms with E-state index >= 15 is 0 Å². The number of rotatable bonds is 6. The van der Waals surface area contributed by atoms with Crippen LogP contribution < -0.4 is 10.0 Å². The first-order chi connectivity index (χ1) is 10.3. The van der Waals surface area contributed by atoms with Crippen molar-refractivity contribution in [1.29, 1.82) is 0 Å². The molecule has 134 valence electrons. The highest BCUT2D eigenvalue weighted by atomic mass is 32.3. The SMILES string of the molecule is CC(C)NCC(O)c1ccc(NS(C)(=O)=O)cc1.O=S(=O)(O)O. The van der Waals surface area contributed by atoms with Gasteiger partial charge in [-0.3, -0.25) is 13.8 Å². The molecule has 1 rings (SSSR count). The number of aliphatic hydroxyl groups excluding tert-OH is 1. The van der Waals surface area contributed by atoms with Crippen molar-refractivity contribution in [3.8, 4) is 0 Å². The normalized spacial score (nSPS) is 13.2. The molecule has 0 saturated carbocycles. The van der Waals surface area contributed by atoms with Crippen LogP contribution in [0.3, 0.4) is 0 Å². The maximum atomic E-state index is 11.0. The van der Waals surface area contributed by atoms with Gasteiger partial charge in [-0.1, -0.05) is 26.0 Å². The third-order valence-corrected chi connectivity index (χ3v) is 2.92. The van der Waals surface area contributed by atoms with Crippen LogP contribution in [0.1, 0.15) is 25.5 Å². The van der Waals surface area contributed by atoms with E-state index in [2.05, 4.69) is 10.0 Å². The van der Waals surface area contributed by atoms with Gasteiger partial charge in [-0.2, -0.15) is 8.42 Å². The predicted molar refractivity (Wildman–Crippen MR) is 87.2 cm³/mol. The smallest absolute Gasteiger partial charge is 0.387 e. The van der Waals surface area contributed by atoms with Crippen LogP contribution in [0.4, 0.5) is 5.69 Å². The van der Waals surface area contributed by atoms with E-state index in [0.717, 1.165) is 11.8 Å². The first-order valence-corrected chi connectivity index (χ1v) is 9.76. The minimum atomic E-state index is -4.67. The van der Waals surface area contributed by atoms with E-state index in [1.807, 2.05) is 13.8 Å². The molecule has 1 atom stereocenters. The van der Waals surface area contributed by atoms with Crippen molar-refractivity contribution < 1.29 is 31.0 Å². The minimum absolute atomic E-state index is 0.311. The second-order valence-corrected chi connectivity index (χ2v) is 7.67. The molecule has 0 aliphatic heterocycles. The lowest BCUT2D eigenvalue weighted by Gasteiger charge is -2.14. The molecule has 1 aromatic rings.